The highest BCUT2D eigenvalue weighted by Crippen LogP contribution is 2.32. The summed E-state index contributed by atoms with van der Waals surface area (Å²) in [6.07, 6.45) is 0.880. The second-order valence-corrected chi connectivity index (χ2v) is 5.32. The van der Waals surface area contributed by atoms with Crippen molar-refractivity contribution >= 4 is 27.5 Å². The molecule has 0 aromatic heterocycles. The molecule has 0 amide bonds. The zero-order valence-corrected chi connectivity index (χ0v) is 12.0. The van der Waals surface area contributed by atoms with Crippen LogP contribution in [0.15, 0.2) is 16.6 Å². The van der Waals surface area contributed by atoms with Crippen LogP contribution in [0.1, 0.15) is 31.7 Å². The summed E-state index contributed by atoms with van der Waals surface area (Å²) in [4.78, 5) is 0. The summed E-state index contributed by atoms with van der Waals surface area (Å²) in [5.41, 5.74) is 0.676. The predicted molar refractivity (Wildman–Crippen MR) is 70.7 cm³/mol. The Hall–Kier alpha value is -0.120. The molecule has 0 spiro atoms. The molecule has 0 aliphatic carbocycles. The SMILES string of the molecule is CNC(C)CC(C)c1ccc(Br)c(Cl)c1F. The third kappa shape index (κ3) is 3.19. The summed E-state index contributed by atoms with van der Waals surface area (Å²) < 4.78 is 14.5. The van der Waals surface area contributed by atoms with Crippen LogP contribution in [-0.4, -0.2) is 13.1 Å². The van der Waals surface area contributed by atoms with E-state index in [4.69, 9.17) is 11.6 Å². The van der Waals surface area contributed by atoms with Crippen LogP contribution >= 0.6 is 27.5 Å². The predicted octanol–water partition coefficient (Wildman–Crippen LogP) is 4.34. The second-order valence-electron chi connectivity index (χ2n) is 4.09. The number of halogens is 3. The molecule has 1 aromatic rings. The van der Waals surface area contributed by atoms with Crippen LogP contribution in [0.25, 0.3) is 0 Å². The molecular formula is C12H16BrClFN. The largest absolute Gasteiger partial charge is 0.317 e. The molecule has 0 radical (unpaired) electrons. The van der Waals surface area contributed by atoms with Gasteiger partial charge in [0.15, 0.2) is 0 Å². The van der Waals surface area contributed by atoms with Gasteiger partial charge in [-0.25, -0.2) is 4.39 Å². The van der Waals surface area contributed by atoms with Crippen molar-refractivity contribution in [2.75, 3.05) is 7.05 Å². The normalized spacial score (nSPS) is 14.9. The monoisotopic (exact) mass is 307 g/mol. The van der Waals surface area contributed by atoms with E-state index in [-0.39, 0.29) is 16.8 Å². The maximum absolute atomic E-state index is 13.9. The first-order valence-corrected chi connectivity index (χ1v) is 6.45. The molecule has 2 unspecified atom stereocenters. The van der Waals surface area contributed by atoms with Crippen molar-refractivity contribution < 1.29 is 4.39 Å². The lowest BCUT2D eigenvalue weighted by atomic mass is 9.94. The summed E-state index contributed by atoms with van der Waals surface area (Å²) in [6, 6.07) is 3.94. The minimum absolute atomic E-state index is 0.146. The summed E-state index contributed by atoms with van der Waals surface area (Å²) >= 11 is 9.07. The van der Waals surface area contributed by atoms with E-state index in [0.29, 0.717) is 16.1 Å². The topological polar surface area (TPSA) is 12.0 Å². The number of hydrogen-bond acceptors (Lipinski definition) is 1. The summed E-state index contributed by atoms with van der Waals surface area (Å²) in [7, 11) is 1.91. The molecule has 0 saturated heterocycles. The van der Waals surface area contributed by atoms with E-state index in [1.165, 1.54) is 0 Å². The van der Waals surface area contributed by atoms with Gasteiger partial charge in [0.25, 0.3) is 0 Å². The lowest BCUT2D eigenvalue weighted by Crippen LogP contribution is -2.23. The minimum Gasteiger partial charge on any atom is -0.317 e. The molecule has 0 saturated carbocycles. The highest BCUT2D eigenvalue weighted by Gasteiger charge is 2.17. The maximum atomic E-state index is 13.9. The summed E-state index contributed by atoms with van der Waals surface area (Å²) in [5.74, 6) is -0.167. The first-order valence-electron chi connectivity index (χ1n) is 5.28. The van der Waals surface area contributed by atoms with Crippen LogP contribution in [0.5, 0.6) is 0 Å². The number of nitrogens with one attached hydrogen (secondary N) is 1. The molecule has 16 heavy (non-hydrogen) atoms. The van der Waals surface area contributed by atoms with Crippen LogP contribution in [0, 0.1) is 5.82 Å². The third-order valence-electron chi connectivity index (χ3n) is 2.80. The first kappa shape index (κ1) is 13.9. The van der Waals surface area contributed by atoms with Gasteiger partial charge in [0.2, 0.25) is 0 Å². The van der Waals surface area contributed by atoms with Crippen LogP contribution in [0.4, 0.5) is 4.39 Å². The van der Waals surface area contributed by atoms with Gasteiger partial charge in [0.05, 0.1) is 5.02 Å². The van der Waals surface area contributed by atoms with Gasteiger partial charge in [-0.1, -0.05) is 24.6 Å². The Morgan fingerprint density at radius 1 is 1.44 bits per heavy atom. The van der Waals surface area contributed by atoms with Gasteiger partial charge >= 0.3 is 0 Å². The van der Waals surface area contributed by atoms with Crippen molar-refractivity contribution in [3.63, 3.8) is 0 Å². The number of hydrogen-bond donors (Lipinski definition) is 1. The van der Waals surface area contributed by atoms with Gasteiger partial charge < -0.3 is 5.32 Å². The van der Waals surface area contributed by atoms with E-state index in [2.05, 4.69) is 28.2 Å². The van der Waals surface area contributed by atoms with Crippen LogP contribution < -0.4 is 5.32 Å². The highest BCUT2D eigenvalue weighted by molar-refractivity contribution is 9.10. The van der Waals surface area contributed by atoms with Crippen molar-refractivity contribution in [3.05, 3.63) is 33.0 Å². The molecule has 1 nitrogen and oxygen atoms in total. The standard InChI is InChI=1S/C12H16BrClFN/c1-7(6-8(2)16-3)9-4-5-10(13)11(14)12(9)15/h4-5,7-8,16H,6H2,1-3H3. The first-order chi connectivity index (χ1) is 7.47. The molecule has 4 heteroatoms. The van der Waals surface area contributed by atoms with Gasteiger partial charge in [-0.15, -0.1) is 0 Å². The molecule has 90 valence electrons. The lowest BCUT2D eigenvalue weighted by molar-refractivity contribution is 0.498. The molecule has 0 bridgehead atoms. The third-order valence-corrected chi connectivity index (χ3v) is 4.05. The number of rotatable bonds is 4. The van der Waals surface area contributed by atoms with Gasteiger partial charge in [-0.3, -0.25) is 0 Å². The lowest BCUT2D eigenvalue weighted by Gasteiger charge is -2.18. The van der Waals surface area contributed by atoms with Gasteiger partial charge in [0.1, 0.15) is 5.82 Å². The fraction of sp³-hybridized carbons (Fsp3) is 0.500. The number of benzene rings is 1. The van der Waals surface area contributed by atoms with Gasteiger partial charge in [-0.2, -0.15) is 0 Å². The molecule has 1 rings (SSSR count). The van der Waals surface area contributed by atoms with E-state index in [0.717, 1.165) is 6.42 Å². The Labute approximate surface area is 110 Å². The highest BCUT2D eigenvalue weighted by atomic mass is 79.9. The quantitative estimate of drug-likeness (QED) is 0.816. The maximum Gasteiger partial charge on any atom is 0.146 e. The molecular weight excluding hydrogens is 292 g/mol. The smallest absolute Gasteiger partial charge is 0.146 e. The Balaban J connectivity index is 2.92. The summed E-state index contributed by atoms with van der Waals surface area (Å²) in [6.45, 7) is 4.09. The molecule has 2 atom stereocenters. The van der Waals surface area contributed by atoms with E-state index in [9.17, 15) is 4.39 Å². The Bertz CT molecular complexity index is 370. The summed E-state index contributed by atoms with van der Waals surface area (Å²) in [5, 5.41) is 3.31. The second kappa shape index (κ2) is 5.99. The van der Waals surface area contributed by atoms with Crippen molar-refractivity contribution in [1.29, 1.82) is 0 Å². The molecule has 0 fully saturated rings. The minimum atomic E-state index is -0.313. The van der Waals surface area contributed by atoms with E-state index in [1.54, 1.807) is 12.1 Å². The van der Waals surface area contributed by atoms with Crippen molar-refractivity contribution in [3.8, 4) is 0 Å². The molecule has 1 aromatic carbocycles. The Morgan fingerprint density at radius 3 is 2.62 bits per heavy atom. The zero-order valence-electron chi connectivity index (χ0n) is 9.65. The Kier molecular flexibility index (Phi) is 5.22. The van der Waals surface area contributed by atoms with Crippen LogP contribution in [-0.2, 0) is 0 Å². The van der Waals surface area contributed by atoms with E-state index < -0.39 is 0 Å². The zero-order chi connectivity index (χ0) is 12.3. The molecule has 0 aliphatic rings. The van der Waals surface area contributed by atoms with Crippen molar-refractivity contribution in [2.24, 2.45) is 0 Å². The van der Waals surface area contributed by atoms with Crippen molar-refractivity contribution in [1.82, 2.24) is 5.32 Å². The van der Waals surface area contributed by atoms with Gasteiger partial charge in [-0.05, 0) is 53.9 Å². The fourth-order valence-electron chi connectivity index (χ4n) is 1.70. The average Bonchev–Trinajstić information content (AvgIpc) is 2.25. The Morgan fingerprint density at radius 2 is 2.06 bits per heavy atom. The van der Waals surface area contributed by atoms with Crippen molar-refractivity contribution in [2.45, 2.75) is 32.2 Å². The van der Waals surface area contributed by atoms with E-state index >= 15 is 0 Å². The molecule has 1 N–H and O–H groups in total. The average molecular weight is 309 g/mol. The fourth-order valence-corrected chi connectivity index (χ4v) is 2.17. The van der Waals surface area contributed by atoms with E-state index in [1.807, 2.05) is 14.0 Å². The van der Waals surface area contributed by atoms with Gasteiger partial charge in [0, 0.05) is 10.5 Å². The van der Waals surface area contributed by atoms with Crippen LogP contribution in [0.3, 0.4) is 0 Å². The molecule has 0 aliphatic heterocycles. The van der Waals surface area contributed by atoms with Crippen LogP contribution in [0.2, 0.25) is 5.02 Å². The molecule has 0 heterocycles.